The van der Waals surface area contributed by atoms with E-state index in [-0.39, 0.29) is 11.3 Å². The van der Waals surface area contributed by atoms with Gasteiger partial charge in [-0.25, -0.2) is 9.64 Å². The van der Waals surface area contributed by atoms with Gasteiger partial charge >= 0.3 is 13.1 Å². The van der Waals surface area contributed by atoms with Crippen LogP contribution in [-0.4, -0.2) is 31.4 Å². The number of hydrogen-bond donors (Lipinski definition) is 0. The maximum absolute atomic E-state index is 11.6. The van der Waals surface area contributed by atoms with Gasteiger partial charge in [0.1, 0.15) is 0 Å². The van der Waals surface area contributed by atoms with Crippen molar-refractivity contribution in [3.8, 4) is 0 Å². The van der Waals surface area contributed by atoms with E-state index in [4.69, 9.17) is 15.9 Å². The highest BCUT2D eigenvalue weighted by Gasteiger charge is 2.51. The van der Waals surface area contributed by atoms with Crippen molar-refractivity contribution in [2.24, 2.45) is 0 Å². The summed E-state index contributed by atoms with van der Waals surface area (Å²) in [5.74, 6) is -0.526. The molecule has 0 radical (unpaired) electrons. The molecular formula is C15H18BNO4. The van der Waals surface area contributed by atoms with E-state index in [2.05, 4.69) is 9.58 Å². The van der Waals surface area contributed by atoms with E-state index < -0.39 is 24.3 Å². The lowest BCUT2D eigenvalue weighted by Gasteiger charge is -2.32. The fourth-order valence-corrected chi connectivity index (χ4v) is 2.05. The van der Waals surface area contributed by atoms with Crippen LogP contribution in [-0.2, 0) is 14.0 Å². The highest BCUT2D eigenvalue weighted by Crippen LogP contribution is 2.36. The molecule has 1 fully saturated rings. The van der Waals surface area contributed by atoms with E-state index in [9.17, 15) is 4.79 Å². The van der Waals surface area contributed by atoms with Gasteiger partial charge in [-0.2, -0.15) is 0 Å². The summed E-state index contributed by atoms with van der Waals surface area (Å²) in [4.78, 5) is 15.0. The second-order valence-electron chi connectivity index (χ2n) is 5.97. The molecule has 0 atom stereocenters. The van der Waals surface area contributed by atoms with Crippen LogP contribution >= 0.6 is 0 Å². The number of ether oxygens (including phenoxy) is 1. The van der Waals surface area contributed by atoms with E-state index in [1.807, 2.05) is 27.7 Å². The first-order valence-electron chi connectivity index (χ1n) is 6.67. The molecule has 1 heterocycles. The Kier molecular flexibility index (Phi) is 3.83. The maximum atomic E-state index is 11.6. The smallest absolute Gasteiger partial charge is 0.466 e. The Morgan fingerprint density at radius 3 is 2.29 bits per heavy atom. The molecule has 1 saturated heterocycles. The standard InChI is InChI=1S/C15H18BNO4/c1-14(2)15(3,4)21-16(20-14)10-7-8-11(13(18)19-6)12(9-10)17-5/h7-9H,1-4,6H3. The minimum Gasteiger partial charge on any atom is -0.466 e. The second kappa shape index (κ2) is 5.17. The summed E-state index contributed by atoms with van der Waals surface area (Å²) in [5.41, 5.74) is 0.294. The van der Waals surface area contributed by atoms with Gasteiger partial charge in [-0.15, -0.1) is 0 Å². The number of carbonyl (C=O) groups is 1. The van der Waals surface area contributed by atoms with Crippen LogP contribution in [0.2, 0.25) is 0 Å². The number of hydrogen-bond acceptors (Lipinski definition) is 4. The molecule has 1 aromatic rings. The number of rotatable bonds is 2. The minimum absolute atomic E-state index is 0.231. The molecule has 1 aliphatic rings. The molecule has 0 bridgehead atoms. The Morgan fingerprint density at radius 2 is 1.81 bits per heavy atom. The van der Waals surface area contributed by atoms with E-state index in [0.717, 1.165) is 0 Å². The van der Waals surface area contributed by atoms with Gasteiger partial charge in [-0.3, -0.25) is 0 Å². The van der Waals surface area contributed by atoms with E-state index in [1.165, 1.54) is 7.11 Å². The molecule has 0 N–H and O–H groups in total. The topological polar surface area (TPSA) is 49.1 Å². The van der Waals surface area contributed by atoms with Crippen molar-refractivity contribution in [2.75, 3.05) is 7.11 Å². The Balaban J connectivity index is 2.36. The molecule has 0 unspecified atom stereocenters. The molecule has 110 valence electrons. The second-order valence-corrected chi connectivity index (χ2v) is 5.97. The van der Waals surface area contributed by atoms with Crippen molar-refractivity contribution in [3.63, 3.8) is 0 Å². The molecule has 0 spiro atoms. The fourth-order valence-electron chi connectivity index (χ4n) is 2.05. The monoisotopic (exact) mass is 287 g/mol. The van der Waals surface area contributed by atoms with Crippen LogP contribution in [0.15, 0.2) is 18.2 Å². The van der Waals surface area contributed by atoms with E-state index >= 15 is 0 Å². The Bertz CT molecular complexity index is 603. The third kappa shape index (κ3) is 2.67. The number of methoxy groups -OCH3 is 1. The van der Waals surface area contributed by atoms with Crippen molar-refractivity contribution in [3.05, 3.63) is 35.2 Å². The zero-order valence-electron chi connectivity index (χ0n) is 12.9. The molecule has 2 rings (SSSR count). The summed E-state index contributed by atoms with van der Waals surface area (Å²) >= 11 is 0. The normalized spacial score (nSPS) is 19.1. The zero-order chi connectivity index (χ0) is 15.8. The van der Waals surface area contributed by atoms with Gasteiger partial charge in [-0.05, 0) is 33.2 Å². The van der Waals surface area contributed by atoms with Gasteiger partial charge in [-0.1, -0.05) is 18.2 Å². The van der Waals surface area contributed by atoms with Crippen molar-refractivity contribution in [2.45, 2.75) is 38.9 Å². The zero-order valence-corrected chi connectivity index (χ0v) is 12.9. The third-order valence-corrected chi connectivity index (χ3v) is 4.07. The van der Waals surface area contributed by atoms with Gasteiger partial charge in [0.25, 0.3) is 0 Å². The summed E-state index contributed by atoms with van der Waals surface area (Å²) in [7, 11) is 0.736. The molecular weight excluding hydrogens is 269 g/mol. The van der Waals surface area contributed by atoms with Gasteiger partial charge in [0.15, 0.2) is 0 Å². The summed E-state index contributed by atoms with van der Waals surface area (Å²) in [6, 6.07) is 4.91. The van der Waals surface area contributed by atoms with Gasteiger partial charge in [0, 0.05) is 0 Å². The van der Waals surface area contributed by atoms with Gasteiger partial charge in [0.05, 0.1) is 30.4 Å². The predicted molar refractivity (Wildman–Crippen MR) is 79.8 cm³/mol. The lowest BCUT2D eigenvalue weighted by molar-refractivity contribution is 0.00578. The van der Waals surface area contributed by atoms with Gasteiger partial charge < -0.3 is 14.0 Å². The molecule has 0 saturated carbocycles. The summed E-state index contributed by atoms with van der Waals surface area (Å²) in [5, 5.41) is 0. The molecule has 1 aromatic carbocycles. The first-order chi connectivity index (χ1) is 9.71. The number of carbonyl (C=O) groups excluding carboxylic acids is 1. The highest BCUT2D eigenvalue weighted by atomic mass is 16.7. The molecule has 21 heavy (non-hydrogen) atoms. The fraction of sp³-hybridized carbons (Fsp3) is 0.467. The molecule has 5 nitrogen and oxygen atoms in total. The number of esters is 1. The van der Waals surface area contributed by atoms with Gasteiger partial charge in [0.2, 0.25) is 5.69 Å². The van der Waals surface area contributed by atoms with Crippen molar-refractivity contribution in [1.29, 1.82) is 0 Å². The van der Waals surface area contributed by atoms with Crippen LogP contribution in [0.3, 0.4) is 0 Å². The quantitative estimate of drug-likeness (QED) is 0.476. The predicted octanol–water partition coefficient (Wildman–Crippen LogP) is 2.32. The lowest BCUT2D eigenvalue weighted by atomic mass is 9.78. The summed E-state index contributed by atoms with van der Waals surface area (Å²) in [6.45, 7) is 15.1. The molecule has 0 aromatic heterocycles. The van der Waals surface area contributed by atoms with Crippen LogP contribution in [0.4, 0.5) is 5.69 Å². The van der Waals surface area contributed by atoms with Crippen LogP contribution < -0.4 is 5.46 Å². The van der Waals surface area contributed by atoms with Crippen LogP contribution in [0.5, 0.6) is 0 Å². The van der Waals surface area contributed by atoms with Crippen molar-refractivity contribution in [1.82, 2.24) is 0 Å². The molecule has 0 aliphatic carbocycles. The van der Waals surface area contributed by atoms with Crippen LogP contribution in [0.1, 0.15) is 38.1 Å². The number of nitrogens with zero attached hydrogens (tertiary/aromatic N) is 1. The highest BCUT2D eigenvalue weighted by molar-refractivity contribution is 6.62. The Morgan fingerprint density at radius 1 is 1.24 bits per heavy atom. The molecule has 6 heteroatoms. The Hall–Kier alpha value is -1.84. The summed E-state index contributed by atoms with van der Waals surface area (Å²) in [6.07, 6.45) is 0. The first kappa shape index (κ1) is 15.6. The van der Waals surface area contributed by atoms with Crippen LogP contribution in [0, 0.1) is 6.57 Å². The van der Waals surface area contributed by atoms with Crippen LogP contribution in [0.25, 0.3) is 4.85 Å². The average Bonchev–Trinajstić information content (AvgIpc) is 2.66. The third-order valence-electron chi connectivity index (χ3n) is 4.07. The van der Waals surface area contributed by atoms with E-state index in [1.54, 1.807) is 18.2 Å². The SMILES string of the molecule is [C-]#[N+]c1cc(B2OC(C)(C)C(C)(C)O2)ccc1C(=O)OC. The lowest BCUT2D eigenvalue weighted by Crippen LogP contribution is -2.41. The molecule has 0 amide bonds. The molecule has 1 aliphatic heterocycles. The summed E-state index contributed by atoms with van der Waals surface area (Å²) < 4.78 is 16.5. The Labute approximate surface area is 125 Å². The number of benzene rings is 1. The first-order valence-corrected chi connectivity index (χ1v) is 6.67. The van der Waals surface area contributed by atoms with E-state index in [0.29, 0.717) is 5.46 Å². The average molecular weight is 287 g/mol. The van der Waals surface area contributed by atoms with Crippen molar-refractivity contribution < 1.29 is 18.8 Å². The minimum atomic E-state index is -0.554. The largest absolute Gasteiger partial charge is 0.493 e. The van der Waals surface area contributed by atoms with Crippen molar-refractivity contribution >= 4 is 24.2 Å². The maximum Gasteiger partial charge on any atom is 0.493 e.